The van der Waals surface area contributed by atoms with Crippen molar-refractivity contribution in [3.8, 4) is 11.4 Å². The molecule has 0 spiro atoms. The smallest absolute Gasteiger partial charge is 0.423 e. The molecule has 4 aliphatic rings. The molecule has 0 bridgehead atoms. The molecule has 0 fully saturated rings. The Labute approximate surface area is 354 Å². The molecule has 10 heteroatoms. The molecule has 0 amide bonds. The SMILES string of the molecule is CC1(C)c2cccc3c2-n2c4c1cc(B(O)O)cc4c1cc(B(O)O)cc(c12)C3(C)C.CC1(C)c2cccc3c2-n2c4c1cc(Br)cc4c1cc(Br)cc(c12)C3(C)C. The topological polar surface area (TPSA) is 90.8 Å². The lowest BCUT2D eigenvalue weighted by Gasteiger charge is -2.42. The van der Waals surface area contributed by atoms with Crippen molar-refractivity contribution < 1.29 is 20.1 Å². The molecular formula is C48H42B2Br2N2O4. The minimum absolute atomic E-state index is 0.0391. The number of hydrogen-bond acceptors (Lipinski definition) is 4. The van der Waals surface area contributed by atoms with Gasteiger partial charge in [-0.25, -0.2) is 0 Å². The van der Waals surface area contributed by atoms with Crippen molar-refractivity contribution in [1.29, 1.82) is 0 Å². The van der Waals surface area contributed by atoms with Crippen LogP contribution in [0.15, 0.2) is 93.9 Å². The van der Waals surface area contributed by atoms with Crippen LogP contribution in [0.25, 0.3) is 55.0 Å². The van der Waals surface area contributed by atoms with E-state index < -0.39 is 14.2 Å². The van der Waals surface area contributed by atoms with Crippen molar-refractivity contribution in [1.82, 2.24) is 9.13 Å². The summed E-state index contributed by atoms with van der Waals surface area (Å²) in [5.41, 5.74) is 17.6. The number of hydrogen-bond donors (Lipinski definition) is 4. The first-order chi connectivity index (χ1) is 27.3. The number of rotatable bonds is 2. The van der Waals surface area contributed by atoms with E-state index in [9.17, 15) is 20.1 Å². The summed E-state index contributed by atoms with van der Waals surface area (Å²) in [5.74, 6) is 0. The van der Waals surface area contributed by atoms with Gasteiger partial charge < -0.3 is 29.2 Å². The van der Waals surface area contributed by atoms with E-state index in [4.69, 9.17) is 0 Å². The van der Waals surface area contributed by atoms with Gasteiger partial charge in [-0.05, 0) is 79.7 Å². The first-order valence-electron chi connectivity index (χ1n) is 19.9. The summed E-state index contributed by atoms with van der Waals surface area (Å²) in [6, 6.07) is 29.9. The van der Waals surface area contributed by atoms with Gasteiger partial charge in [0.25, 0.3) is 0 Å². The Morgan fingerprint density at radius 2 is 0.672 bits per heavy atom. The standard InChI is InChI=1S/C24H23B2NO4.C24H19Br2N/c1-23(2)16-6-5-7-17-22(16)27-20-14(8-12(25(28)29)10-18(20)23)15-9-13(26(30)31)11-19(21(15)27)24(17,3)4;1-23(2)16-6-5-7-17-22(16)27-20-14(8-12(25)10-18(20)23)15-9-13(26)11-19(21(15)27)24(17,3)4/h5-11,28-31H,1-4H3;5-11H,1-4H3. The zero-order valence-corrected chi connectivity index (χ0v) is 36.8. The van der Waals surface area contributed by atoms with Crippen molar-refractivity contribution in [2.45, 2.75) is 77.0 Å². The number of fused-ring (bicyclic) bond motifs is 2. The highest BCUT2D eigenvalue weighted by Gasteiger charge is 2.46. The third-order valence-corrected chi connectivity index (χ3v) is 15.3. The summed E-state index contributed by atoms with van der Waals surface area (Å²) in [6.45, 7) is 18.2. The van der Waals surface area contributed by atoms with Gasteiger partial charge in [0.2, 0.25) is 0 Å². The Bertz CT molecular complexity index is 3030. The summed E-state index contributed by atoms with van der Waals surface area (Å²) >= 11 is 7.57. The maximum atomic E-state index is 10.0. The van der Waals surface area contributed by atoms with E-state index in [2.05, 4.69) is 157 Å². The largest absolute Gasteiger partial charge is 0.488 e. The van der Waals surface area contributed by atoms with Gasteiger partial charge in [-0.3, -0.25) is 0 Å². The number of halogens is 2. The highest BCUT2D eigenvalue weighted by Crippen LogP contribution is 2.57. The molecule has 0 saturated carbocycles. The van der Waals surface area contributed by atoms with Crippen LogP contribution in [0.3, 0.4) is 0 Å². The molecule has 2 aromatic heterocycles. The molecule has 6 heterocycles. The fraction of sp³-hybridized carbons (Fsp3) is 0.250. The van der Waals surface area contributed by atoms with Gasteiger partial charge in [-0.2, -0.15) is 0 Å². The summed E-state index contributed by atoms with van der Waals surface area (Å²) in [4.78, 5) is 0. The molecule has 6 aromatic carbocycles. The molecule has 0 aliphatic carbocycles. The lowest BCUT2D eigenvalue weighted by molar-refractivity contribution is 0.424. The van der Waals surface area contributed by atoms with Gasteiger partial charge in [0, 0.05) is 52.2 Å². The van der Waals surface area contributed by atoms with E-state index >= 15 is 0 Å². The normalized spacial score (nSPS) is 17.3. The maximum absolute atomic E-state index is 10.0. The average molecular weight is 892 g/mol. The zero-order chi connectivity index (χ0) is 40.9. The predicted octanol–water partition coefficient (Wildman–Crippen LogP) is 9.01. The molecular weight excluding hydrogens is 850 g/mol. The van der Waals surface area contributed by atoms with Crippen LogP contribution in [-0.2, 0) is 21.7 Å². The second kappa shape index (κ2) is 11.4. The molecule has 0 unspecified atom stereocenters. The minimum atomic E-state index is -1.59. The van der Waals surface area contributed by atoms with Gasteiger partial charge in [0.1, 0.15) is 0 Å². The first kappa shape index (κ1) is 36.9. The fourth-order valence-electron chi connectivity index (χ4n) is 11.3. The number of para-hydroxylation sites is 2. The van der Waals surface area contributed by atoms with E-state index in [-0.39, 0.29) is 21.7 Å². The molecule has 0 radical (unpaired) electrons. The average Bonchev–Trinajstić information content (AvgIpc) is 3.67. The molecule has 4 N–H and O–H groups in total. The van der Waals surface area contributed by atoms with Crippen LogP contribution >= 0.6 is 31.9 Å². The fourth-order valence-corrected chi connectivity index (χ4v) is 12.3. The van der Waals surface area contributed by atoms with Crippen LogP contribution in [0.2, 0.25) is 0 Å². The van der Waals surface area contributed by atoms with Crippen molar-refractivity contribution in [3.63, 3.8) is 0 Å². The van der Waals surface area contributed by atoms with Gasteiger partial charge in [-0.15, -0.1) is 0 Å². The lowest BCUT2D eigenvalue weighted by Crippen LogP contribution is -2.37. The quantitative estimate of drug-likeness (QED) is 0.131. The van der Waals surface area contributed by atoms with Crippen molar-refractivity contribution in [2.75, 3.05) is 0 Å². The van der Waals surface area contributed by atoms with E-state index in [1.54, 1.807) is 0 Å². The molecule has 58 heavy (non-hydrogen) atoms. The number of nitrogens with zero attached hydrogens (tertiary/aromatic N) is 2. The van der Waals surface area contributed by atoms with Gasteiger partial charge >= 0.3 is 14.2 Å². The molecule has 4 aliphatic heterocycles. The molecule has 12 rings (SSSR count). The molecule has 0 saturated heterocycles. The molecule has 0 atom stereocenters. The lowest BCUT2D eigenvalue weighted by atomic mass is 9.67. The van der Waals surface area contributed by atoms with Crippen molar-refractivity contribution >= 4 is 101 Å². The minimum Gasteiger partial charge on any atom is -0.423 e. The molecule has 8 aromatic rings. The Morgan fingerprint density at radius 3 is 0.966 bits per heavy atom. The Kier molecular flexibility index (Phi) is 7.22. The Balaban J connectivity index is 0.000000134. The van der Waals surface area contributed by atoms with Crippen molar-refractivity contribution in [3.05, 3.63) is 138 Å². The van der Waals surface area contributed by atoms with Crippen LogP contribution in [0.4, 0.5) is 0 Å². The van der Waals surface area contributed by atoms with Crippen molar-refractivity contribution in [2.24, 2.45) is 0 Å². The Morgan fingerprint density at radius 1 is 0.397 bits per heavy atom. The predicted molar refractivity (Wildman–Crippen MR) is 245 cm³/mol. The van der Waals surface area contributed by atoms with Crippen LogP contribution in [0.5, 0.6) is 0 Å². The second-order valence-electron chi connectivity index (χ2n) is 18.9. The zero-order valence-electron chi connectivity index (χ0n) is 33.7. The molecule has 288 valence electrons. The van der Waals surface area contributed by atoms with Gasteiger partial charge in [0.05, 0.1) is 33.4 Å². The van der Waals surface area contributed by atoms with Gasteiger partial charge in [0.15, 0.2) is 0 Å². The Hall–Kier alpha value is -4.15. The second-order valence-corrected chi connectivity index (χ2v) is 20.8. The van der Waals surface area contributed by atoms with Crippen LogP contribution in [0.1, 0.15) is 99.9 Å². The van der Waals surface area contributed by atoms with E-state index in [1.807, 2.05) is 24.3 Å². The third-order valence-electron chi connectivity index (χ3n) is 14.4. The van der Waals surface area contributed by atoms with Gasteiger partial charge in [-0.1, -0.05) is 148 Å². The summed E-state index contributed by atoms with van der Waals surface area (Å²) in [7, 11) is -3.18. The maximum Gasteiger partial charge on any atom is 0.488 e. The van der Waals surface area contributed by atoms with E-state index in [1.165, 1.54) is 66.6 Å². The summed E-state index contributed by atoms with van der Waals surface area (Å²) in [6.07, 6.45) is 0. The monoisotopic (exact) mass is 890 g/mol. The van der Waals surface area contributed by atoms with Crippen LogP contribution in [0, 0.1) is 0 Å². The summed E-state index contributed by atoms with van der Waals surface area (Å²) in [5, 5.41) is 44.6. The number of aromatic nitrogens is 2. The highest BCUT2D eigenvalue weighted by molar-refractivity contribution is 9.10. The number of benzene rings is 6. The van der Waals surface area contributed by atoms with E-state index in [0.717, 1.165) is 41.9 Å². The third kappa shape index (κ3) is 4.34. The summed E-state index contributed by atoms with van der Waals surface area (Å²) < 4.78 is 7.15. The molecule has 6 nitrogen and oxygen atoms in total. The highest BCUT2D eigenvalue weighted by atomic mass is 79.9. The van der Waals surface area contributed by atoms with E-state index in [0.29, 0.717) is 10.9 Å². The van der Waals surface area contributed by atoms with Crippen LogP contribution < -0.4 is 10.9 Å². The first-order valence-corrected chi connectivity index (χ1v) is 21.5. The van der Waals surface area contributed by atoms with Crippen LogP contribution in [-0.4, -0.2) is 43.5 Å².